The summed E-state index contributed by atoms with van der Waals surface area (Å²) in [5.74, 6) is 1.53. The molecule has 0 aliphatic rings. The first-order valence-electron chi connectivity index (χ1n) is 20.5. The fraction of sp³-hybridized carbons (Fsp3) is 0.107. The van der Waals surface area contributed by atoms with Gasteiger partial charge >= 0.3 is 0 Å². The minimum absolute atomic E-state index is 0. The molecule has 295 valence electrons. The van der Waals surface area contributed by atoms with Crippen molar-refractivity contribution in [2.45, 2.75) is 39.5 Å². The molecule has 0 unspecified atom stereocenters. The molecule has 0 bridgehead atoms. The Hall–Kier alpha value is -6.45. The molecule has 8 aromatic carbocycles. The van der Waals surface area contributed by atoms with E-state index in [0.717, 1.165) is 33.7 Å². The fourth-order valence-electron chi connectivity index (χ4n) is 8.16. The Morgan fingerprint density at radius 3 is 1.82 bits per heavy atom. The second-order valence-corrected chi connectivity index (χ2v) is 15.6. The Morgan fingerprint density at radius 1 is 0.517 bits per heavy atom. The Bertz CT molecular complexity index is 2960. The average Bonchev–Trinajstić information content (AvgIpc) is 3.69. The second-order valence-electron chi connectivity index (χ2n) is 15.6. The third-order valence-electron chi connectivity index (χ3n) is 11.1. The molecular formula is C56H45IrN3-2. The Morgan fingerprint density at radius 2 is 1.15 bits per heavy atom. The summed E-state index contributed by atoms with van der Waals surface area (Å²) in [7, 11) is 0. The molecule has 0 aliphatic heterocycles. The van der Waals surface area contributed by atoms with Crippen LogP contribution in [-0.2, 0) is 20.1 Å². The van der Waals surface area contributed by atoms with E-state index in [4.69, 9.17) is 4.98 Å². The van der Waals surface area contributed by atoms with Gasteiger partial charge in [-0.05, 0) is 86.6 Å². The van der Waals surface area contributed by atoms with Crippen molar-refractivity contribution >= 4 is 32.6 Å². The van der Waals surface area contributed by atoms with Crippen LogP contribution in [0.5, 0.6) is 0 Å². The van der Waals surface area contributed by atoms with Gasteiger partial charge < -0.3 is 9.55 Å². The van der Waals surface area contributed by atoms with E-state index in [9.17, 15) is 0 Å². The van der Waals surface area contributed by atoms with Crippen LogP contribution in [-0.4, -0.2) is 14.5 Å². The number of aromatic nitrogens is 3. The van der Waals surface area contributed by atoms with Crippen LogP contribution in [0, 0.1) is 12.1 Å². The molecule has 0 aliphatic carbocycles. The molecule has 1 radical (unpaired) electrons. The van der Waals surface area contributed by atoms with Gasteiger partial charge in [-0.3, -0.25) is 4.98 Å². The number of hydrogen-bond donors (Lipinski definition) is 0. The maximum atomic E-state index is 5.32. The topological polar surface area (TPSA) is 30.7 Å². The van der Waals surface area contributed by atoms with Crippen LogP contribution >= 0.6 is 0 Å². The molecule has 0 fully saturated rings. The average molecular weight is 952 g/mol. The van der Waals surface area contributed by atoms with Crippen molar-refractivity contribution in [1.82, 2.24) is 14.5 Å². The van der Waals surface area contributed by atoms with Crippen molar-refractivity contribution in [3.05, 3.63) is 211 Å². The quantitative estimate of drug-likeness (QED) is 0.118. The molecular weight excluding hydrogens is 907 g/mol. The third-order valence-corrected chi connectivity index (χ3v) is 11.1. The van der Waals surface area contributed by atoms with Crippen LogP contribution in [0.1, 0.15) is 50.7 Å². The summed E-state index contributed by atoms with van der Waals surface area (Å²) >= 11 is 0. The van der Waals surface area contributed by atoms with Gasteiger partial charge in [-0.15, -0.1) is 59.7 Å². The molecule has 0 saturated carbocycles. The van der Waals surface area contributed by atoms with Crippen molar-refractivity contribution in [3.63, 3.8) is 0 Å². The van der Waals surface area contributed by atoms with Crippen LogP contribution in [0.15, 0.2) is 188 Å². The summed E-state index contributed by atoms with van der Waals surface area (Å²) in [4.78, 5) is 9.54. The number of fused-ring (bicyclic) bond motifs is 4. The predicted molar refractivity (Wildman–Crippen MR) is 248 cm³/mol. The molecule has 0 amide bonds. The zero-order valence-corrected chi connectivity index (χ0v) is 36.6. The van der Waals surface area contributed by atoms with Gasteiger partial charge in [0.15, 0.2) is 0 Å². The van der Waals surface area contributed by atoms with E-state index in [1.54, 1.807) is 6.20 Å². The molecule has 0 atom stereocenters. The number of para-hydroxylation sites is 2. The summed E-state index contributed by atoms with van der Waals surface area (Å²) < 4.78 is 2.41. The van der Waals surface area contributed by atoms with E-state index in [1.807, 2.05) is 42.5 Å². The number of nitrogens with zero attached hydrogens (tertiary/aromatic N) is 3. The van der Waals surface area contributed by atoms with Gasteiger partial charge in [-0.2, -0.15) is 0 Å². The second kappa shape index (κ2) is 17.8. The Kier molecular flexibility index (Phi) is 12.0. The van der Waals surface area contributed by atoms with E-state index in [0.29, 0.717) is 11.8 Å². The van der Waals surface area contributed by atoms with Gasteiger partial charge in [0, 0.05) is 32.0 Å². The summed E-state index contributed by atoms with van der Waals surface area (Å²) in [5, 5.41) is 4.87. The summed E-state index contributed by atoms with van der Waals surface area (Å²) in [6, 6.07) is 70.8. The Labute approximate surface area is 366 Å². The standard InChI is InChI=1S/C45H37N2.C11H8N.Ir/c1-29(2)39-26-34(31-15-7-5-8-16-31)27-40(30(3)4)44(39)47-43-22-14-13-21-42(43)46-45(47)33-23-24-36-35(25-33)28-41(32-17-9-6-10-18-32)38-20-12-11-19-37(36)38;1-2-6-10(7-3-1)11-8-4-5-9-12-11;/h5-22,24-30H,1-4H3;1-6,8-9H;/q2*-1;. The van der Waals surface area contributed by atoms with E-state index >= 15 is 0 Å². The molecule has 60 heavy (non-hydrogen) atoms. The normalized spacial score (nSPS) is 11.2. The molecule has 10 aromatic rings. The van der Waals surface area contributed by atoms with Gasteiger partial charge in [0.2, 0.25) is 0 Å². The van der Waals surface area contributed by atoms with Crippen LogP contribution in [0.2, 0.25) is 0 Å². The van der Waals surface area contributed by atoms with Crippen LogP contribution in [0.25, 0.3) is 83.2 Å². The monoisotopic (exact) mass is 952 g/mol. The molecule has 3 nitrogen and oxygen atoms in total. The van der Waals surface area contributed by atoms with Crippen molar-refractivity contribution < 1.29 is 20.1 Å². The minimum Gasteiger partial charge on any atom is -0.333 e. The number of hydrogen-bond acceptors (Lipinski definition) is 2. The van der Waals surface area contributed by atoms with Gasteiger partial charge in [0.1, 0.15) is 0 Å². The predicted octanol–water partition coefficient (Wildman–Crippen LogP) is 14.9. The molecule has 0 spiro atoms. The van der Waals surface area contributed by atoms with E-state index < -0.39 is 0 Å². The maximum absolute atomic E-state index is 5.32. The minimum atomic E-state index is 0. The van der Waals surface area contributed by atoms with Gasteiger partial charge in [-0.25, -0.2) is 0 Å². The molecule has 10 rings (SSSR count). The molecule has 4 heteroatoms. The number of rotatable bonds is 7. The van der Waals surface area contributed by atoms with Crippen molar-refractivity contribution in [2.75, 3.05) is 0 Å². The number of pyridine rings is 1. The summed E-state index contributed by atoms with van der Waals surface area (Å²) in [6.07, 6.45) is 1.79. The molecule has 2 aromatic heterocycles. The smallest absolute Gasteiger partial charge is 0.0774 e. The largest absolute Gasteiger partial charge is 0.333 e. The van der Waals surface area contributed by atoms with Crippen LogP contribution in [0.4, 0.5) is 0 Å². The first kappa shape index (κ1) is 40.3. The van der Waals surface area contributed by atoms with Crippen molar-refractivity contribution in [2.24, 2.45) is 0 Å². The van der Waals surface area contributed by atoms with E-state index in [-0.39, 0.29) is 20.1 Å². The number of benzene rings is 8. The first-order valence-corrected chi connectivity index (χ1v) is 20.5. The third kappa shape index (κ3) is 7.97. The van der Waals surface area contributed by atoms with E-state index in [1.165, 1.54) is 60.6 Å². The molecule has 0 saturated heterocycles. The van der Waals surface area contributed by atoms with Gasteiger partial charge in [0.25, 0.3) is 0 Å². The van der Waals surface area contributed by atoms with Gasteiger partial charge in [-0.1, -0.05) is 159 Å². The summed E-state index contributed by atoms with van der Waals surface area (Å²) in [6.45, 7) is 9.20. The SMILES string of the molecule is CC(C)c1cc(-c2ccccc2)cc(C(C)C)c1-n1c(-c2[c-]cc3c(c2)cc(-c2ccccc2)c2ccccc23)nc2ccccc21.[Ir].[c-]1ccccc1-c1ccccn1. The van der Waals surface area contributed by atoms with E-state index in [2.05, 4.69) is 189 Å². The first-order chi connectivity index (χ1) is 28.9. The van der Waals surface area contributed by atoms with Crippen LogP contribution in [0.3, 0.4) is 0 Å². The Balaban J connectivity index is 0.000000329. The molecule has 2 heterocycles. The zero-order chi connectivity index (χ0) is 40.3. The fourth-order valence-corrected chi connectivity index (χ4v) is 8.16. The van der Waals surface area contributed by atoms with Crippen molar-refractivity contribution in [1.29, 1.82) is 0 Å². The maximum Gasteiger partial charge on any atom is 0.0774 e. The van der Waals surface area contributed by atoms with Crippen molar-refractivity contribution in [3.8, 4) is 50.6 Å². The summed E-state index contributed by atoms with van der Waals surface area (Å²) in [5.41, 5.74) is 13.9. The van der Waals surface area contributed by atoms with Gasteiger partial charge in [0.05, 0.1) is 16.9 Å². The zero-order valence-electron chi connectivity index (χ0n) is 34.2. The molecule has 0 N–H and O–H groups in total. The van der Waals surface area contributed by atoms with Crippen LogP contribution < -0.4 is 0 Å². The number of imidazole rings is 1.